The Bertz CT molecular complexity index is 205. The van der Waals surface area contributed by atoms with E-state index in [-0.39, 0.29) is 0 Å². The van der Waals surface area contributed by atoms with Crippen molar-refractivity contribution in [3.05, 3.63) is 11.1 Å². The first-order valence-corrected chi connectivity index (χ1v) is 5.28. The second-order valence-electron chi connectivity index (χ2n) is 2.39. The van der Waals surface area contributed by atoms with E-state index in [4.69, 9.17) is 0 Å². The fourth-order valence-corrected chi connectivity index (χ4v) is 2.06. The first kappa shape index (κ1) is 8.08. The number of thioether (sulfide) groups is 1. The molecule has 0 amide bonds. The van der Waals surface area contributed by atoms with Crippen molar-refractivity contribution < 1.29 is 0 Å². The third kappa shape index (κ3) is 1.73. The topological polar surface area (TPSA) is 12.9 Å². The molecule has 56 valence electrons. The number of rotatable bonds is 2. The molecule has 1 rings (SSSR count). The lowest BCUT2D eigenvalue weighted by molar-refractivity contribution is 0.885. The lowest BCUT2D eigenvalue weighted by Gasteiger charge is -1.95. The van der Waals surface area contributed by atoms with Gasteiger partial charge in [0, 0.05) is 11.1 Å². The molecular weight excluding hydrogens is 162 g/mol. The molecule has 0 aliphatic rings. The smallest absolute Gasteiger partial charge is 0.149 e. The predicted molar refractivity (Wildman–Crippen MR) is 48.0 cm³/mol. The molecule has 0 atom stereocenters. The third-order valence-corrected chi connectivity index (χ3v) is 3.54. The van der Waals surface area contributed by atoms with Gasteiger partial charge in [-0.25, -0.2) is 4.98 Å². The molecule has 1 aromatic heterocycles. The predicted octanol–water partition coefficient (Wildman–Crippen LogP) is 2.99. The summed E-state index contributed by atoms with van der Waals surface area (Å²) in [4.78, 5) is 5.62. The molecular formula is C7H11NS2. The summed E-state index contributed by atoms with van der Waals surface area (Å²) >= 11 is 3.51. The summed E-state index contributed by atoms with van der Waals surface area (Å²) in [6.07, 6.45) is 4.03. The van der Waals surface area contributed by atoms with Crippen LogP contribution < -0.4 is 0 Å². The summed E-state index contributed by atoms with van der Waals surface area (Å²) in [5, 5.41) is 0. The van der Waals surface area contributed by atoms with Gasteiger partial charge in [0.1, 0.15) is 4.34 Å². The van der Waals surface area contributed by atoms with E-state index in [1.165, 1.54) is 9.22 Å². The molecule has 0 radical (unpaired) electrons. The van der Waals surface area contributed by atoms with Crippen LogP contribution in [0.25, 0.3) is 0 Å². The molecule has 10 heavy (non-hydrogen) atoms. The highest BCUT2D eigenvalue weighted by atomic mass is 32.2. The Labute approximate surface area is 69.9 Å². The summed E-state index contributed by atoms with van der Waals surface area (Å²) in [6, 6.07) is 0. The molecule has 0 unspecified atom stereocenters. The van der Waals surface area contributed by atoms with Crippen LogP contribution in [0.2, 0.25) is 0 Å². The standard InChI is InChI=1S/C7H11NS2/c1-5(2)6-4-8-7(9-3)10-6/h4-5H,1-3H3. The third-order valence-electron chi connectivity index (χ3n) is 1.25. The van der Waals surface area contributed by atoms with E-state index in [2.05, 4.69) is 25.1 Å². The van der Waals surface area contributed by atoms with Crippen LogP contribution in [0.15, 0.2) is 10.5 Å². The zero-order valence-corrected chi connectivity index (χ0v) is 8.05. The minimum absolute atomic E-state index is 0.624. The van der Waals surface area contributed by atoms with E-state index < -0.39 is 0 Å². The average molecular weight is 173 g/mol. The van der Waals surface area contributed by atoms with Crippen LogP contribution in [0.5, 0.6) is 0 Å². The van der Waals surface area contributed by atoms with Gasteiger partial charge in [-0.15, -0.1) is 11.3 Å². The molecule has 1 heterocycles. The van der Waals surface area contributed by atoms with Crippen LogP contribution in [0.1, 0.15) is 24.6 Å². The van der Waals surface area contributed by atoms with Crippen molar-refractivity contribution in [1.82, 2.24) is 4.98 Å². The van der Waals surface area contributed by atoms with Crippen molar-refractivity contribution in [3.63, 3.8) is 0 Å². The summed E-state index contributed by atoms with van der Waals surface area (Å²) in [5.74, 6) is 0.624. The Morgan fingerprint density at radius 3 is 2.60 bits per heavy atom. The van der Waals surface area contributed by atoms with E-state index in [0.29, 0.717) is 5.92 Å². The fourth-order valence-electron chi connectivity index (χ4n) is 0.631. The second kappa shape index (κ2) is 3.39. The quantitative estimate of drug-likeness (QED) is 0.638. The molecule has 3 heteroatoms. The van der Waals surface area contributed by atoms with Crippen molar-refractivity contribution in [2.24, 2.45) is 0 Å². The highest BCUT2D eigenvalue weighted by Crippen LogP contribution is 2.26. The van der Waals surface area contributed by atoms with Crippen molar-refractivity contribution in [1.29, 1.82) is 0 Å². The zero-order chi connectivity index (χ0) is 7.56. The Hall–Kier alpha value is -0.0200. The molecule has 0 bridgehead atoms. The van der Waals surface area contributed by atoms with Crippen molar-refractivity contribution >= 4 is 23.1 Å². The number of hydrogen-bond acceptors (Lipinski definition) is 3. The minimum Gasteiger partial charge on any atom is -0.238 e. The van der Waals surface area contributed by atoms with Crippen molar-refractivity contribution in [3.8, 4) is 0 Å². The summed E-state index contributed by atoms with van der Waals surface area (Å²) in [7, 11) is 0. The lowest BCUT2D eigenvalue weighted by Crippen LogP contribution is -1.77. The number of thiazole rings is 1. The maximum absolute atomic E-state index is 4.24. The Morgan fingerprint density at radius 2 is 2.30 bits per heavy atom. The molecule has 0 saturated heterocycles. The summed E-state index contributed by atoms with van der Waals surface area (Å²) < 4.78 is 1.17. The minimum atomic E-state index is 0.624. The van der Waals surface area contributed by atoms with Gasteiger partial charge in [-0.05, 0) is 12.2 Å². The number of aromatic nitrogens is 1. The van der Waals surface area contributed by atoms with Gasteiger partial charge in [-0.2, -0.15) is 0 Å². The van der Waals surface area contributed by atoms with E-state index in [9.17, 15) is 0 Å². The van der Waals surface area contributed by atoms with Crippen molar-refractivity contribution in [2.75, 3.05) is 6.26 Å². The molecule has 0 saturated carbocycles. The molecule has 0 spiro atoms. The zero-order valence-electron chi connectivity index (χ0n) is 6.42. The van der Waals surface area contributed by atoms with Gasteiger partial charge < -0.3 is 0 Å². The van der Waals surface area contributed by atoms with Gasteiger partial charge >= 0.3 is 0 Å². The monoisotopic (exact) mass is 173 g/mol. The van der Waals surface area contributed by atoms with Crippen LogP contribution in [0.3, 0.4) is 0 Å². The highest BCUT2D eigenvalue weighted by molar-refractivity contribution is 8.00. The molecule has 0 aromatic carbocycles. The first-order chi connectivity index (χ1) is 4.74. The fraction of sp³-hybridized carbons (Fsp3) is 0.571. The van der Waals surface area contributed by atoms with Crippen LogP contribution >= 0.6 is 23.1 Å². The van der Waals surface area contributed by atoms with Gasteiger partial charge in [0.05, 0.1) is 0 Å². The lowest BCUT2D eigenvalue weighted by atomic mass is 10.2. The molecule has 1 nitrogen and oxygen atoms in total. The van der Waals surface area contributed by atoms with E-state index >= 15 is 0 Å². The summed E-state index contributed by atoms with van der Waals surface area (Å²) in [5.41, 5.74) is 0. The normalized spacial score (nSPS) is 10.8. The SMILES string of the molecule is CSc1ncc(C(C)C)s1. The van der Waals surface area contributed by atoms with E-state index in [0.717, 1.165) is 0 Å². The maximum Gasteiger partial charge on any atom is 0.149 e. The van der Waals surface area contributed by atoms with Gasteiger partial charge in [-0.3, -0.25) is 0 Å². The van der Waals surface area contributed by atoms with Gasteiger partial charge in [-0.1, -0.05) is 25.6 Å². The Balaban J connectivity index is 2.78. The van der Waals surface area contributed by atoms with Gasteiger partial charge in [0.25, 0.3) is 0 Å². The van der Waals surface area contributed by atoms with Crippen LogP contribution in [-0.2, 0) is 0 Å². The van der Waals surface area contributed by atoms with E-state index in [1.54, 1.807) is 23.1 Å². The van der Waals surface area contributed by atoms with Gasteiger partial charge in [0.2, 0.25) is 0 Å². The average Bonchev–Trinajstić information content (AvgIpc) is 2.34. The molecule has 0 aliphatic carbocycles. The maximum atomic E-state index is 4.24. The van der Waals surface area contributed by atoms with Crippen LogP contribution in [0, 0.1) is 0 Å². The first-order valence-electron chi connectivity index (χ1n) is 3.23. The number of hydrogen-bond donors (Lipinski definition) is 0. The van der Waals surface area contributed by atoms with Crippen molar-refractivity contribution in [2.45, 2.75) is 24.1 Å². The number of nitrogens with zero attached hydrogens (tertiary/aromatic N) is 1. The van der Waals surface area contributed by atoms with Crippen LogP contribution in [-0.4, -0.2) is 11.2 Å². The Kier molecular flexibility index (Phi) is 2.74. The highest BCUT2D eigenvalue weighted by Gasteiger charge is 2.03. The van der Waals surface area contributed by atoms with Crippen LogP contribution in [0.4, 0.5) is 0 Å². The molecule has 0 N–H and O–H groups in total. The molecule has 1 aromatic rings. The summed E-state index contributed by atoms with van der Waals surface area (Å²) in [6.45, 7) is 4.38. The Morgan fingerprint density at radius 1 is 1.60 bits per heavy atom. The molecule has 0 aliphatic heterocycles. The van der Waals surface area contributed by atoms with E-state index in [1.807, 2.05) is 6.20 Å². The largest absolute Gasteiger partial charge is 0.238 e. The second-order valence-corrected chi connectivity index (χ2v) is 4.50. The molecule has 0 fully saturated rings. The van der Waals surface area contributed by atoms with Gasteiger partial charge in [0.15, 0.2) is 0 Å².